The summed E-state index contributed by atoms with van der Waals surface area (Å²) in [6.45, 7) is 3.70. The molecule has 2 heterocycles. The zero-order valence-electron chi connectivity index (χ0n) is 15.8. The molecule has 6 nitrogen and oxygen atoms in total. The van der Waals surface area contributed by atoms with Crippen LogP contribution >= 0.6 is 0 Å². The van der Waals surface area contributed by atoms with Crippen LogP contribution in [0.5, 0.6) is 0 Å². The van der Waals surface area contributed by atoms with Crippen LogP contribution in [0.3, 0.4) is 0 Å². The average molecular weight is 355 g/mol. The van der Waals surface area contributed by atoms with Crippen molar-refractivity contribution in [1.29, 1.82) is 0 Å². The van der Waals surface area contributed by atoms with Gasteiger partial charge in [0.05, 0.1) is 6.61 Å². The van der Waals surface area contributed by atoms with Crippen molar-refractivity contribution in [3.05, 3.63) is 36.3 Å². The second-order valence-electron chi connectivity index (χ2n) is 7.24. The molecule has 0 aliphatic heterocycles. The smallest absolute Gasteiger partial charge is 0.163 e. The van der Waals surface area contributed by atoms with Gasteiger partial charge in [-0.1, -0.05) is 19.3 Å². The lowest BCUT2D eigenvalue weighted by molar-refractivity contribution is 0.0690. The molecule has 26 heavy (non-hydrogen) atoms. The number of β-amino-alcohol motifs (C(OH)–C–C–N with tert-alkyl or cyclic N) is 1. The van der Waals surface area contributed by atoms with E-state index < -0.39 is 0 Å². The third kappa shape index (κ3) is 4.37. The molecule has 0 amide bonds. The number of aliphatic hydroxyl groups is 1. The summed E-state index contributed by atoms with van der Waals surface area (Å²) in [4.78, 5) is 15.7. The second-order valence-corrected chi connectivity index (χ2v) is 7.24. The number of aromatic nitrogens is 3. The number of pyridine rings is 1. The topological polar surface area (TPSA) is 74.2 Å². The fraction of sp³-hybridized carbons (Fsp3) is 0.550. The normalized spacial score (nSPS) is 16.6. The first kappa shape index (κ1) is 18.7. The number of aryl methyl sites for hydroxylation is 1. The molecule has 1 aliphatic rings. The first-order valence-electron chi connectivity index (χ1n) is 9.45. The van der Waals surface area contributed by atoms with Crippen molar-refractivity contribution in [1.82, 2.24) is 19.9 Å². The minimum atomic E-state index is 0.0777. The van der Waals surface area contributed by atoms with Crippen molar-refractivity contribution in [2.24, 2.45) is 0 Å². The van der Waals surface area contributed by atoms with Crippen molar-refractivity contribution in [3.8, 4) is 11.4 Å². The fourth-order valence-electron chi connectivity index (χ4n) is 3.83. The van der Waals surface area contributed by atoms with Crippen LogP contribution in [0, 0.1) is 6.92 Å². The van der Waals surface area contributed by atoms with Gasteiger partial charge in [-0.05, 0) is 38.9 Å². The van der Waals surface area contributed by atoms with Gasteiger partial charge in [-0.15, -0.1) is 0 Å². The van der Waals surface area contributed by atoms with Crippen LogP contribution in [-0.2, 0) is 0 Å². The van der Waals surface area contributed by atoms with Crippen LogP contribution in [0.2, 0.25) is 0 Å². The van der Waals surface area contributed by atoms with E-state index in [-0.39, 0.29) is 12.1 Å². The summed E-state index contributed by atoms with van der Waals surface area (Å²) in [5.41, 5.74) is 1.93. The fourth-order valence-corrected chi connectivity index (χ4v) is 3.83. The first-order chi connectivity index (χ1) is 12.6. The van der Waals surface area contributed by atoms with E-state index in [2.05, 4.69) is 27.2 Å². The SMILES string of the molecule is Cc1cc(NCC2(N(C)CCO)CCCCC2)nc(-c2cccnc2)n1. The Labute approximate surface area is 155 Å². The van der Waals surface area contributed by atoms with E-state index in [9.17, 15) is 5.11 Å². The van der Waals surface area contributed by atoms with Crippen LogP contribution in [0.4, 0.5) is 5.82 Å². The number of nitrogens with zero attached hydrogens (tertiary/aromatic N) is 4. The molecule has 2 aromatic rings. The molecule has 0 radical (unpaired) electrons. The van der Waals surface area contributed by atoms with E-state index in [1.165, 1.54) is 19.3 Å². The second kappa shape index (κ2) is 8.56. The van der Waals surface area contributed by atoms with Crippen molar-refractivity contribution in [2.75, 3.05) is 32.1 Å². The number of likely N-dealkylation sites (N-methyl/N-ethyl adjacent to an activating group) is 1. The lowest BCUT2D eigenvalue weighted by Gasteiger charge is -2.45. The number of anilines is 1. The highest BCUT2D eigenvalue weighted by molar-refractivity contribution is 5.56. The standard InChI is InChI=1S/C20H29N5O/c1-16-13-18(24-19(23-16)17-7-6-10-21-14-17)22-15-20(25(2)11-12-26)8-4-3-5-9-20/h6-7,10,13-14,26H,3-5,8-9,11-12,15H2,1-2H3,(H,22,23,24). The van der Waals surface area contributed by atoms with E-state index in [1.54, 1.807) is 12.4 Å². The first-order valence-corrected chi connectivity index (χ1v) is 9.45. The van der Waals surface area contributed by atoms with Gasteiger partial charge in [0.1, 0.15) is 5.82 Å². The Hall–Kier alpha value is -2.05. The number of nitrogens with one attached hydrogen (secondary N) is 1. The molecule has 3 rings (SSSR count). The Kier molecular flexibility index (Phi) is 6.16. The Morgan fingerprint density at radius 1 is 1.23 bits per heavy atom. The summed E-state index contributed by atoms with van der Waals surface area (Å²) in [6, 6.07) is 5.86. The quantitative estimate of drug-likeness (QED) is 0.795. The summed E-state index contributed by atoms with van der Waals surface area (Å²) in [6.07, 6.45) is 9.61. The van der Waals surface area contributed by atoms with Crippen molar-refractivity contribution in [2.45, 2.75) is 44.6 Å². The molecule has 140 valence electrons. The third-order valence-electron chi connectivity index (χ3n) is 5.40. The molecule has 2 aromatic heterocycles. The lowest BCUT2D eigenvalue weighted by atomic mass is 9.80. The highest BCUT2D eigenvalue weighted by Crippen LogP contribution is 2.33. The van der Waals surface area contributed by atoms with E-state index in [4.69, 9.17) is 4.98 Å². The molecule has 1 fully saturated rings. The Morgan fingerprint density at radius 3 is 2.73 bits per heavy atom. The Balaban J connectivity index is 1.78. The Morgan fingerprint density at radius 2 is 2.04 bits per heavy atom. The molecule has 0 aromatic carbocycles. The van der Waals surface area contributed by atoms with E-state index in [0.717, 1.165) is 36.5 Å². The molecule has 1 saturated carbocycles. The summed E-state index contributed by atoms with van der Waals surface area (Å²) < 4.78 is 0. The maximum absolute atomic E-state index is 9.38. The van der Waals surface area contributed by atoms with E-state index in [1.807, 2.05) is 25.1 Å². The largest absolute Gasteiger partial charge is 0.395 e. The summed E-state index contributed by atoms with van der Waals surface area (Å²) >= 11 is 0. The van der Waals surface area contributed by atoms with Crippen LogP contribution in [-0.4, -0.2) is 57.2 Å². The maximum Gasteiger partial charge on any atom is 0.163 e. The summed E-state index contributed by atoms with van der Waals surface area (Å²) in [5.74, 6) is 1.54. The van der Waals surface area contributed by atoms with E-state index >= 15 is 0 Å². The van der Waals surface area contributed by atoms with Crippen molar-refractivity contribution < 1.29 is 5.11 Å². The van der Waals surface area contributed by atoms with Crippen LogP contribution in [0.15, 0.2) is 30.6 Å². The molecule has 0 unspecified atom stereocenters. The number of rotatable bonds is 7. The molecule has 0 bridgehead atoms. The predicted molar refractivity (Wildman–Crippen MR) is 104 cm³/mol. The third-order valence-corrected chi connectivity index (χ3v) is 5.40. The maximum atomic E-state index is 9.38. The molecular formula is C20H29N5O. The minimum Gasteiger partial charge on any atom is -0.395 e. The van der Waals surface area contributed by atoms with Gasteiger partial charge in [0.15, 0.2) is 5.82 Å². The molecule has 6 heteroatoms. The average Bonchev–Trinajstić information content (AvgIpc) is 2.67. The minimum absolute atomic E-state index is 0.0777. The molecule has 1 aliphatic carbocycles. The van der Waals surface area contributed by atoms with Gasteiger partial charge in [-0.3, -0.25) is 9.88 Å². The van der Waals surface area contributed by atoms with Gasteiger partial charge in [0, 0.05) is 48.3 Å². The highest BCUT2D eigenvalue weighted by atomic mass is 16.3. The predicted octanol–water partition coefficient (Wildman–Crippen LogP) is 2.89. The summed E-state index contributed by atoms with van der Waals surface area (Å²) in [5, 5.41) is 12.9. The van der Waals surface area contributed by atoms with Crippen LogP contribution < -0.4 is 5.32 Å². The zero-order chi connectivity index (χ0) is 18.4. The number of hydrogen-bond donors (Lipinski definition) is 2. The molecule has 0 saturated heterocycles. The van der Waals surface area contributed by atoms with Gasteiger partial charge in [0.25, 0.3) is 0 Å². The van der Waals surface area contributed by atoms with Gasteiger partial charge >= 0.3 is 0 Å². The summed E-state index contributed by atoms with van der Waals surface area (Å²) in [7, 11) is 2.12. The van der Waals surface area contributed by atoms with Crippen LogP contribution in [0.25, 0.3) is 11.4 Å². The highest BCUT2D eigenvalue weighted by Gasteiger charge is 2.35. The molecule has 2 N–H and O–H groups in total. The molecule has 0 spiro atoms. The monoisotopic (exact) mass is 355 g/mol. The number of aliphatic hydroxyl groups excluding tert-OH is 1. The van der Waals surface area contributed by atoms with Gasteiger partial charge in [-0.2, -0.15) is 0 Å². The number of hydrogen-bond acceptors (Lipinski definition) is 6. The van der Waals surface area contributed by atoms with Gasteiger partial charge < -0.3 is 10.4 Å². The zero-order valence-corrected chi connectivity index (χ0v) is 15.8. The van der Waals surface area contributed by atoms with Gasteiger partial charge in [-0.25, -0.2) is 9.97 Å². The van der Waals surface area contributed by atoms with Crippen LogP contribution in [0.1, 0.15) is 37.8 Å². The lowest BCUT2D eigenvalue weighted by Crippen LogP contribution is -2.53. The van der Waals surface area contributed by atoms with Crippen molar-refractivity contribution >= 4 is 5.82 Å². The Bertz CT molecular complexity index is 701. The van der Waals surface area contributed by atoms with Crippen molar-refractivity contribution in [3.63, 3.8) is 0 Å². The van der Waals surface area contributed by atoms with E-state index in [0.29, 0.717) is 12.4 Å². The molecular weight excluding hydrogens is 326 g/mol. The van der Waals surface area contributed by atoms with Gasteiger partial charge in [0.2, 0.25) is 0 Å². The molecule has 0 atom stereocenters.